The summed E-state index contributed by atoms with van der Waals surface area (Å²) in [6.07, 6.45) is 3.46. The Kier molecular flexibility index (Phi) is 4.25. The molecule has 3 rings (SSSR count). The number of carbonyl (C=O) groups is 1. The van der Waals surface area contributed by atoms with Crippen molar-refractivity contribution in [3.63, 3.8) is 0 Å². The van der Waals surface area contributed by atoms with Gasteiger partial charge >= 0.3 is 6.09 Å². The van der Waals surface area contributed by atoms with E-state index in [0.29, 0.717) is 13.1 Å². The molecule has 2 saturated heterocycles. The first kappa shape index (κ1) is 15.2. The first-order chi connectivity index (χ1) is 10.6. The van der Waals surface area contributed by atoms with Gasteiger partial charge in [0.15, 0.2) is 0 Å². The van der Waals surface area contributed by atoms with Crippen LogP contribution in [0.2, 0.25) is 0 Å². The quantitative estimate of drug-likeness (QED) is 0.933. The van der Waals surface area contributed by atoms with E-state index < -0.39 is 6.09 Å². The smallest absolute Gasteiger partial charge is 0.407 e. The van der Waals surface area contributed by atoms with Crippen molar-refractivity contribution in [1.82, 2.24) is 9.80 Å². The number of nitrogens with zero attached hydrogens (tertiary/aromatic N) is 2. The molecule has 0 atom stereocenters. The Morgan fingerprint density at radius 1 is 1.23 bits per heavy atom. The molecule has 0 aromatic heterocycles. The Morgan fingerprint density at radius 2 is 1.95 bits per heavy atom. The highest BCUT2D eigenvalue weighted by Crippen LogP contribution is 2.40. The van der Waals surface area contributed by atoms with Gasteiger partial charge in [-0.3, -0.25) is 4.90 Å². The number of rotatable bonds is 3. The third kappa shape index (κ3) is 2.77. The highest BCUT2D eigenvalue weighted by molar-refractivity contribution is 5.65. The Morgan fingerprint density at radius 3 is 2.64 bits per heavy atom. The third-order valence-corrected chi connectivity index (χ3v) is 5.26. The first-order valence-corrected chi connectivity index (χ1v) is 7.99. The molecule has 5 nitrogen and oxygen atoms in total. The minimum atomic E-state index is -0.788. The van der Waals surface area contributed by atoms with Gasteiger partial charge in [0.25, 0.3) is 0 Å². The fourth-order valence-electron chi connectivity index (χ4n) is 3.96. The monoisotopic (exact) mass is 304 g/mol. The zero-order valence-electron chi connectivity index (χ0n) is 13.1. The van der Waals surface area contributed by atoms with Gasteiger partial charge in [-0.1, -0.05) is 18.2 Å². The summed E-state index contributed by atoms with van der Waals surface area (Å²) in [6, 6.07) is 8.17. The molecule has 1 aromatic rings. The van der Waals surface area contributed by atoms with Crippen LogP contribution in [0.1, 0.15) is 31.2 Å². The summed E-state index contributed by atoms with van der Waals surface area (Å²) in [5.74, 6) is 0.938. The molecule has 120 valence electrons. The second-order valence-electron chi connectivity index (χ2n) is 6.33. The Balaban J connectivity index is 1.72. The molecule has 2 aliphatic rings. The largest absolute Gasteiger partial charge is 0.496 e. The van der Waals surface area contributed by atoms with Crippen LogP contribution in [0.15, 0.2) is 24.3 Å². The molecule has 1 amide bonds. The zero-order chi connectivity index (χ0) is 15.6. The molecule has 2 fully saturated rings. The number of para-hydroxylation sites is 1. The predicted octanol–water partition coefficient (Wildman–Crippen LogP) is 2.80. The highest BCUT2D eigenvalue weighted by Gasteiger charge is 2.43. The van der Waals surface area contributed by atoms with Crippen LogP contribution in [-0.4, -0.2) is 53.3 Å². The maximum atomic E-state index is 11.1. The van der Waals surface area contributed by atoms with Gasteiger partial charge in [-0.2, -0.15) is 0 Å². The maximum Gasteiger partial charge on any atom is 0.407 e. The molecule has 2 aliphatic heterocycles. The minimum absolute atomic E-state index is 0.173. The van der Waals surface area contributed by atoms with Gasteiger partial charge in [0.1, 0.15) is 5.75 Å². The number of likely N-dealkylation sites (tertiary alicyclic amines) is 2. The van der Waals surface area contributed by atoms with E-state index in [1.165, 1.54) is 18.4 Å². The standard InChI is InChI=1S/C17H24N2O3/c1-22-15-6-3-2-5-14(15)13-19-10-4-7-17(19)8-11-18(12-9-17)16(20)21/h2-3,5-6H,4,7-13H2,1H3,(H,20,21). The molecular formula is C17H24N2O3. The summed E-state index contributed by atoms with van der Waals surface area (Å²) < 4.78 is 5.47. The molecule has 22 heavy (non-hydrogen) atoms. The maximum absolute atomic E-state index is 11.1. The number of hydrogen-bond donors (Lipinski definition) is 1. The van der Waals surface area contributed by atoms with E-state index in [1.54, 1.807) is 12.0 Å². The Hall–Kier alpha value is -1.75. The Bertz CT molecular complexity index is 538. The van der Waals surface area contributed by atoms with Crippen LogP contribution in [0, 0.1) is 0 Å². The molecule has 2 heterocycles. The lowest BCUT2D eigenvalue weighted by Crippen LogP contribution is -2.52. The highest BCUT2D eigenvalue weighted by atomic mass is 16.5. The summed E-state index contributed by atoms with van der Waals surface area (Å²) in [6.45, 7) is 3.28. The summed E-state index contributed by atoms with van der Waals surface area (Å²) in [4.78, 5) is 15.2. The molecule has 1 N–H and O–H groups in total. The van der Waals surface area contributed by atoms with Crippen LogP contribution >= 0.6 is 0 Å². The van der Waals surface area contributed by atoms with Crippen LogP contribution < -0.4 is 4.74 Å². The number of methoxy groups -OCH3 is 1. The van der Waals surface area contributed by atoms with E-state index >= 15 is 0 Å². The minimum Gasteiger partial charge on any atom is -0.496 e. The van der Waals surface area contributed by atoms with E-state index in [9.17, 15) is 4.79 Å². The summed E-state index contributed by atoms with van der Waals surface area (Å²) in [5.41, 5.74) is 1.39. The number of hydrogen-bond acceptors (Lipinski definition) is 3. The van der Waals surface area contributed by atoms with Crippen molar-refractivity contribution in [2.75, 3.05) is 26.7 Å². The summed E-state index contributed by atoms with van der Waals surface area (Å²) in [7, 11) is 1.71. The molecule has 1 spiro atoms. The van der Waals surface area contributed by atoms with Crippen molar-refractivity contribution in [3.8, 4) is 5.75 Å². The van der Waals surface area contributed by atoms with E-state index in [4.69, 9.17) is 9.84 Å². The Labute approximate surface area is 131 Å². The number of benzene rings is 1. The normalized spacial score (nSPS) is 21.2. The molecule has 0 unspecified atom stereocenters. The van der Waals surface area contributed by atoms with Crippen LogP contribution in [-0.2, 0) is 6.54 Å². The lowest BCUT2D eigenvalue weighted by molar-refractivity contribution is 0.0476. The number of carboxylic acid groups (broad SMARTS) is 1. The SMILES string of the molecule is COc1ccccc1CN1CCCC12CCN(C(=O)O)CC2. The zero-order valence-corrected chi connectivity index (χ0v) is 13.1. The van der Waals surface area contributed by atoms with E-state index in [0.717, 1.165) is 31.7 Å². The van der Waals surface area contributed by atoms with Crippen LogP contribution in [0.25, 0.3) is 0 Å². The average Bonchev–Trinajstić information content (AvgIpc) is 2.90. The van der Waals surface area contributed by atoms with E-state index in [-0.39, 0.29) is 5.54 Å². The summed E-state index contributed by atoms with van der Waals surface area (Å²) in [5, 5.41) is 9.13. The average molecular weight is 304 g/mol. The van der Waals surface area contributed by atoms with Crippen LogP contribution in [0.5, 0.6) is 5.75 Å². The van der Waals surface area contributed by atoms with E-state index in [2.05, 4.69) is 11.0 Å². The fourth-order valence-corrected chi connectivity index (χ4v) is 3.96. The summed E-state index contributed by atoms with van der Waals surface area (Å²) >= 11 is 0. The van der Waals surface area contributed by atoms with Gasteiger partial charge < -0.3 is 14.7 Å². The predicted molar refractivity (Wildman–Crippen MR) is 84.2 cm³/mol. The first-order valence-electron chi connectivity index (χ1n) is 7.99. The molecule has 1 aromatic carbocycles. The van der Waals surface area contributed by atoms with Crippen molar-refractivity contribution in [3.05, 3.63) is 29.8 Å². The second-order valence-corrected chi connectivity index (χ2v) is 6.33. The van der Waals surface area contributed by atoms with Gasteiger partial charge in [-0.25, -0.2) is 4.79 Å². The molecule has 0 saturated carbocycles. The van der Waals surface area contributed by atoms with Crippen LogP contribution in [0.4, 0.5) is 4.79 Å². The molecular weight excluding hydrogens is 280 g/mol. The number of piperidine rings is 1. The van der Waals surface area contributed by atoms with Crippen molar-refractivity contribution < 1.29 is 14.6 Å². The van der Waals surface area contributed by atoms with Crippen LogP contribution in [0.3, 0.4) is 0 Å². The van der Waals surface area contributed by atoms with E-state index in [1.807, 2.05) is 18.2 Å². The van der Waals surface area contributed by atoms with Gasteiger partial charge in [-0.05, 0) is 38.3 Å². The molecule has 0 bridgehead atoms. The lowest BCUT2D eigenvalue weighted by Gasteiger charge is -2.44. The fraction of sp³-hybridized carbons (Fsp3) is 0.588. The van der Waals surface area contributed by atoms with Crippen molar-refractivity contribution >= 4 is 6.09 Å². The van der Waals surface area contributed by atoms with Gasteiger partial charge in [0.2, 0.25) is 0 Å². The molecule has 0 aliphatic carbocycles. The van der Waals surface area contributed by atoms with Gasteiger partial charge in [0.05, 0.1) is 7.11 Å². The van der Waals surface area contributed by atoms with Crippen molar-refractivity contribution in [2.45, 2.75) is 37.8 Å². The molecule has 5 heteroatoms. The third-order valence-electron chi connectivity index (χ3n) is 5.26. The van der Waals surface area contributed by atoms with Gasteiger partial charge in [0, 0.05) is 30.7 Å². The van der Waals surface area contributed by atoms with Crippen molar-refractivity contribution in [1.29, 1.82) is 0 Å². The number of amides is 1. The van der Waals surface area contributed by atoms with Gasteiger partial charge in [-0.15, -0.1) is 0 Å². The number of ether oxygens (including phenoxy) is 1. The van der Waals surface area contributed by atoms with Crippen molar-refractivity contribution in [2.24, 2.45) is 0 Å². The lowest BCUT2D eigenvalue weighted by atomic mass is 9.85. The molecule has 0 radical (unpaired) electrons. The topological polar surface area (TPSA) is 53.0 Å². The second kappa shape index (κ2) is 6.16.